The summed E-state index contributed by atoms with van der Waals surface area (Å²) in [6, 6.07) is 9.26. The number of hydrazone groups is 1. The highest BCUT2D eigenvalue weighted by atomic mass is 32.2. The van der Waals surface area contributed by atoms with Gasteiger partial charge in [-0.05, 0) is 36.4 Å². The van der Waals surface area contributed by atoms with Gasteiger partial charge in [-0.2, -0.15) is 5.10 Å². The van der Waals surface area contributed by atoms with Gasteiger partial charge in [0.05, 0.1) is 18.2 Å². The molecule has 1 amide bonds. The van der Waals surface area contributed by atoms with Crippen LogP contribution >= 0.6 is 0 Å². The van der Waals surface area contributed by atoms with Crippen LogP contribution in [0.3, 0.4) is 0 Å². The van der Waals surface area contributed by atoms with E-state index in [0.717, 1.165) is 0 Å². The topological polar surface area (TPSA) is 124 Å². The van der Waals surface area contributed by atoms with Crippen LogP contribution in [0.5, 0.6) is 0 Å². The molecule has 0 saturated heterocycles. The molecule has 8 nitrogen and oxygen atoms in total. The molecule has 0 fully saturated rings. The van der Waals surface area contributed by atoms with E-state index in [1.165, 1.54) is 25.5 Å². The third kappa shape index (κ3) is 3.93. The molecule has 0 spiro atoms. The van der Waals surface area contributed by atoms with Crippen molar-refractivity contribution < 1.29 is 22.4 Å². The number of primary sulfonamides is 1. The first-order valence-corrected chi connectivity index (χ1v) is 7.55. The molecule has 0 unspecified atom stereocenters. The van der Waals surface area contributed by atoms with Gasteiger partial charge in [0.15, 0.2) is 0 Å². The molecule has 0 radical (unpaired) electrons. The van der Waals surface area contributed by atoms with Crippen LogP contribution in [0.2, 0.25) is 0 Å². The van der Waals surface area contributed by atoms with Crippen LogP contribution in [0.15, 0.2) is 50.8 Å². The first-order chi connectivity index (χ1) is 10.4. The van der Waals surface area contributed by atoms with Gasteiger partial charge in [0.1, 0.15) is 11.5 Å². The van der Waals surface area contributed by atoms with Crippen molar-refractivity contribution >= 4 is 22.3 Å². The average molecular weight is 323 g/mol. The summed E-state index contributed by atoms with van der Waals surface area (Å²) in [5, 5.41) is 8.65. The van der Waals surface area contributed by atoms with Gasteiger partial charge < -0.3 is 9.15 Å². The van der Waals surface area contributed by atoms with E-state index in [9.17, 15) is 13.2 Å². The van der Waals surface area contributed by atoms with Crippen molar-refractivity contribution in [2.75, 3.05) is 7.11 Å². The molecule has 0 bridgehead atoms. The highest BCUT2D eigenvalue weighted by molar-refractivity contribution is 7.89. The maximum atomic E-state index is 11.2. The lowest BCUT2D eigenvalue weighted by molar-refractivity contribution is 0.171. The Bertz CT molecular complexity index is 793. The Morgan fingerprint density at radius 2 is 1.95 bits per heavy atom. The summed E-state index contributed by atoms with van der Waals surface area (Å²) in [7, 11) is -2.50. The van der Waals surface area contributed by atoms with Crippen molar-refractivity contribution in [3.63, 3.8) is 0 Å². The van der Waals surface area contributed by atoms with Crippen LogP contribution in [0, 0.1) is 0 Å². The third-order valence-corrected chi connectivity index (χ3v) is 3.56. The van der Waals surface area contributed by atoms with E-state index in [4.69, 9.17) is 9.56 Å². The first kappa shape index (κ1) is 15.7. The molecule has 1 heterocycles. The molecule has 0 atom stereocenters. The van der Waals surface area contributed by atoms with Gasteiger partial charge in [-0.3, -0.25) is 0 Å². The molecule has 2 rings (SSSR count). The molecule has 3 N–H and O–H groups in total. The highest BCUT2D eigenvalue weighted by Crippen LogP contribution is 2.22. The van der Waals surface area contributed by atoms with Gasteiger partial charge in [-0.1, -0.05) is 0 Å². The number of furan rings is 1. The summed E-state index contributed by atoms with van der Waals surface area (Å²) in [4.78, 5) is 10.8. The quantitative estimate of drug-likeness (QED) is 0.648. The number of nitrogens with two attached hydrogens (primary N) is 1. The summed E-state index contributed by atoms with van der Waals surface area (Å²) < 4.78 is 32.2. The van der Waals surface area contributed by atoms with Crippen molar-refractivity contribution in [3.05, 3.63) is 42.2 Å². The zero-order valence-electron chi connectivity index (χ0n) is 11.5. The average Bonchev–Trinajstić information content (AvgIpc) is 2.95. The Morgan fingerprint density at radius 1 is 1.27 bits per heavy atom. The number of nitrogens with zero attached hydrogens (tertiary/aromatic N) is 1. The van der Waals surface area contributed by atoms with Crippen LogP contribution < -0.4 is 10.6 Å². The normalized spacial score (nSPS) is 11.5. The van der Waals surface area contributed by atoms with E-state index in [-0.39, 0.29) is 4.90 Å². The minimum absolute atomic E-state index is 0.0203. The molecule has 22 heavy (non-hydrogen) atoms. The Balaban J connectivity index is 2.13. The van der Waals surface area contributed by atoms with Gasteiger partial charge in [0.2, 0.25) is 10.0 Å². The molecule has 1 aromatic heterocycles. The number of rotatable bonds is 4. The summed E-state index contributed by atoms with van der Waals surface area (Å²) in [5.74, 6) is 0.919. The van der Waals surface area contributed by atoms with Crippen LogP contribution in [0.25, 0.3) is 11.3 Å². The van der Waals surface area contributed by atoms with E-state index in [2.05, 4.69) is 15.3 Å². The van der Waals surface area contributed by atoms with Crippen molar-refractivity contribution in [2.24, 2.45) is 10.2 Å². The molecule has 9 heteroatoms. The number of amides is 1. The maximum absolute atomic E-state index is 11.2. The van der Waals surface area contributed by atoms with Crippen molar-refractivity contribution in [1.29, 1.82) is 0 Å². The van der Waals surface area contributed by atoms with Crippen molar-refractivity contribution in [2.45, 2.75) is 4.90 Å². The lowest BCUT2D eigenvalue weighted by Crippen LogP contribution is -2.16. The lowest BCUT2D eigenvalue weighted by atomic mass is 10.2. The lowest BCUT2D eigenvalue weighted by Gasteiger charge is -2.00. The molecular weight excluding hydrogens is 310 g/mol. The van der Waals surface area contributed by atoms with Crippen LogP contribution in [-0.2, 0) is 14.8 Å². The van der Waals surface area contributed by atoms with Gasteiger partial charge in [-0.15, -0.1) is 0 Å². The minimum Gasteiger partial charge on any atom is -0.455 e. The first-order valence-electron chi connectivity index (χ1n) is 6.00. The fourth-order valence-electron chi connectivity index (χ4n) is 1.58. The highest BCUT2D eigenvalue weighted by Gasteiger charge is 2.09. The van der Waals surface area contributed by atoms with Gasteiger partial charge >= 0.3 is 6.09 Å². The SMILES string of the molecule is COC(=O)N/N=C\c1ccc(-c2ccc(S(N)(=O)=O)cc2)o1. The zero-order chi connectivity index (χ0) is 16.2. The second-order valence-corrected chi connectivity index (χ2v) is 5.69. The Hall–Kier alpha value is -2.65. The van der Waals surface area contributed by atoms with E-state index in [1.807, 2.05) is 0 Å². The Morgan fingerprint density at radius 3 is 2.55 bits per heavy atom. The standard InChI is InChI=1S/C13H13N3O5S/c1-20-13(17)16-15-8-10-4-7-12(21-10)9-2-5-11(6-3-9)22(14,18)19/h2-8H,1H3,(H,16,17)(H2,14,18,19)/b15-8-. The van der Waals surface area contributed by atoms with Gasteiger partial charge in [0, 0.05) is 5.56 Å². The molecular formula is C13H13N3O5S. The maximum Gasteiger partial charge on any atom is 0.427 e. The molecule has 116 valence electrons. The largest absolute Gasteiger partial charge is 0.455 e. The Kier molecular flexibility index (Phi) is 4.59. The number of carbonyl (C=O) groups is 1. The zero-order valence-corrected chi connectivity index (χ0v) is 12.3. The van der Waals surface area contributed by atoms with Gasteiger partial charge in [-0.25, -0.2) is 23.8 Å². The van der Waals surface area contributed by atoms with E-state index in [1.54, 1.807) is 24.3 Å². The predicted molar refractivity (Wildman–Crippen MR) is 78.7 cm³/mol. The number of methoxy groups -OCH3 is 1. The molecule has 1 aromatic carbocycles. The molecule has 2 aromatic rings. The number of hydrogen-bond donors (Lipinski definition) is 2. The monoisotopic (exact) mass is 323 g/mol. The third-order valence-electron chi connectivity index (χ3n) is 2.63. The second kappa shape index (κ2) is 6.41. The molecule has 0 aliphatic carbocycles. The number of hydrogen-bond acceptors (Lipinski definition) is 6. The Labute approximate surface area is 126 Å². The smallest absolute Gasteiger partial charge is 0.427 e. The fourth-order valence-corrected chi connectivity index (χ4v) is 2.10. The van der Waals surface area contributed by atoms with Crippen LogP contribution in [0.4, 0.5) is 4.79 Å². The summed E-state index contributed by atoms with van der Waals surface area (Å²) in [6.45, 7) is 0. The van der Waals surface area contributed by atoms with E-state index < -0.39 is 16.1 Å². The van der Waals surface area contributed by atoms with E-state index in [0.29, 0.717) is 17.1 Å². The molecule has 0 aliphatic rings. The second-order valence-electron chi connectivity index (χ2n) is 4.13. The molecule has 0 aliphatic heterocycles. The predicted octanol–water partition coefficient (Wildman–Crippen LogP) is 1.28. The number of ether oxygens (including phenoxy) is 1. The number of carbonyl (C=O) groups excluding carboxylic acids is 1. The van der Waals surface area contributed by atoms with Gasteiger partial charge in [0.25, 0.3) is 0 Å². The summed E-state index contributed by atoms with van der Waals surface area (Å²) >= 11 is 0. The van der Waals surface area contributed by atoms with Crippen molar-refractivity contribution in [3.8, 4) is 11.3 Å². The number of sulfonamides is 1. The van der Waals surface area contributed by atoms with E-state index >= 15 is 0 Å². The number of benzene rings is 1. The van der Waals surface area contributed by atoms with Crippen molar-refractivity contribution in [1.82, 2.24) is 5.43 Å². The minimum atomic E-state index is -3.72. The van der Waals surface area contributed by atoms with Crippen LogP contribution in [0.1, 0.15) is 5.76 Å². The van der Waals surface area contributed by atoms with Crippen LogP contribution in [-0.4, -0.2) is 27.8 Å². The summed E-state index contributed by atoms with van der Waals surface area (Å²) in [6.07, 6.45) is 0.612. The molecule has 0 saturated carbocycles. The fraction of sp³-hybridized carbons (Fsp3) is 0.0769. The number of nitrogens with one attached hydrogen (secondary N) is 1. The summed E-state index contributed by atoms with van der Waals surface area (Å²) in [5.41, 5.74) is 2.80.